The maximum atomic E-state index is 12.4. The number of tetrazole rings is 1. The zero-order valence-electron chi connectivity index (χ0n) is 13.0. The van der Waals surface area contributed by atoms with Crippen LogP contribution in [-0.2, 0) is 6.42 Å². The van der Waals surface area contributed by atoms with Gasteiger partial charge in [-0.2, -0.15) is 0 Å². The van der Waals surface area contributed by atoms with Gasteiger partial charge in [0.15, 0.2) is 0 Å². The molecule has 3 rings (SSSR count). The summed E-state index contributed by atoms with van der Waals surface area (Å²) in [4.78, 5) is 16.5. The Morgan fingerprint density at radius 3 is 2.96 bits per heavy atom. The second-order valence-corrected chi connectivity index (χ2v) is 5.40. The standard InChI is InChI=1S/C16H16N6O2/c1-11(7-12-3-2-6-17-9-12)19-16(24)14-8-13(4-5-15(14)23)22-10-18-20-21-22/h2-6,8-11,23H,7H2,1H3,(H,19,24). The Morgan fingerprint density at radius 2 is 2.25 bits per heavy atom. The van der Waals surface area contributed by atoms with Gasteiger partial charge >= 0.3 is 0 Å². The molecular weight excluding hydrogens is 308 g/mol. The predicted octanol–water partition coefficient (Wildman–Crippen LogP) is 1.12. The summed E-state index contributed by atoms with van der Waals surface area (Å²) in [6.07, 6.45) is 5.53. The summed E-state index contributed by atoms with van der Waals surface area (Å²) in [7, 11) is 0. The van der Waals surface area contributed by atoms with Crippen molar-refractivity contribution < 1.29 is 9.90 Å². The van der Waals surface area contributed by atoms with Gasteiger partial charge < -0.3 is 10.4 Å². The van der Waals surface area contributed by atoms with E-state index in [-0.39, 0.29) is 23.3 Å². The van der Waals surface area contributed by atoms with Crippen LogP contribution in [0.4, 0.5) is 0 Å². The lowest BCUT2D eigenvalue weighted by Crippen LogP contribution is -2.34. The molecule has 2 aromatic heterocycles. The van der Waals surface area contributed by atoms with Gasteiger partial charge in [0.05, 0.1) is 11.3 Å². The third kappa shape index (κ3) is 3.54. The van der Waals surface area contributed by atoms with E-state index in [0.717, 1.165) is 5.56 Å². The molecule has 0 fully saturated rings. The fraction of sp³-hybridized carbons (Fsp3) is 0.188. The number of aromatic nitrogens is 5. The minimum absolute atomic E-state index is 0.0992. The van der Waals surface area contributed by atoms with E-state index >= 15 is 0 Å². The molecule has 3 aromatic rings. The minimum Gasteiger partial charge on any atom is -0.507 e. The van der Waals surface area contributed by atoms with Gasteiger partial charge in [-0.05, 0) is 53.6 Å². The van der Waals surface area contributed by atoms with Gasteiger partial charge in [0, 0.05) is 18.4 Å². The summed E-state index contributed by atoms with van der Waals surface area (Å²) in [5, 5.41) is 23.7. The SMILES string of the molecule is CC(Cc1cccnc1)NC(=O)c1cc(-n2cnnn2)ccc1O. The summed E-state index contributed by atoms with van der Waals surface area (Å²) in [6.45, 7) is 1.90. The Hall–Kier alpha value is -3.29. The first-order chi connectivity index (χ1) is 11.6. The molecular formula is C16H16N6O2. The molecule has 1 atom stereocenters. The van der Waals surface area contributed by atoms with Crippen LogP contribution in [0.3, 0.4) is 0 Å². The second-order valence-electron chi connectivity index (χ2n) is 5.40. The Morgan fingerprint density at radius 1 is 1.38 bits per heavy atom. The van der Waals surface area contributed by atoms with Gasteiger partial charge in [0.2, 0.25) is 0 Å². The molecule has 0 aliphatic heterocycles. The number of nitrogens with one attached hydrogen (secondary N) is 1. The summed E-state index contributed by atoms with van der Waals surface area (Å²) in [6, 6.07) is 8.30. The number of nitrogens with zero attached hydrogens (tertiary/aromatic N) is 5. The largest absolute Gasteiger partial charge is 0.507 e. The van der Waals surface area contributed by atoms with Crippen LogP contribution in [0.15, 0.2) is 49.1 Å². The molecule has 0 radical (unpaired) electrons. The molecule has 0 spiro atoms. The fourth-order valence-corrected chi connectivity index (χ4v) is 2.35. The highest BCUT2D eigenvalue weighted by molar-refractivity contribution is 5.97. The topological polar surface area (TPSA) is 106 Å². The van der Waals surface area contributed by atoms with Gasteiger partial charge in [0.25, 0.3) is 5.91 Å². The monoisotopic (exact) mass is 324 g/mol. The van der Waals surface area contributed by atoms with E-state index in [0.29, 0.717) is 12.1 Å². The Kier molecular flexibility index (Phi) is 4.46. The van der Waals surface area contributed by atoms with Crippen LogP contribution in [0.25, 0.3) is 5.69 Å². The highest BCUT2D eigenvalue weighted by atomic mass is 16.3. The lowest BCUT2D eigenvalue weighted by molar-refractivity contribution is 0.0937. The highest BCUT2D eigenvalue weighted by Gasteiger charge is 2.15. The van der Waals surface area contributed by atoms with E-state index in [2.05, 4.69) is 25.8 Å². The average molecular weight is 324 g/mol. The number of phenols is 1. The van der Waals surface area contributed by atoms with E-state index in [1.54, 1.807) is 18.5 Å². The summed E-state index contributed by atoms with van der Waals surface area (Å²) in [5.41, 5.74) is 1.78. The Bertz CT molecular complexity index is 820. The van der Waals surface area contributed by atoms with Crippen molar-refractivity contribution in [1.82, 2.24) is 30.5 Å². The van der Waals surface area contributed by atoms with Gasteiger partial charge in [-0.15, -0.1) is 5.10 Å². The number of carbonyl (C=O) groups is 1. The lowest BCUT2D eigenvalue weighted by Gasteiger charge is -2.15. The lowest BCUT2D eigenvalue weighted by atomic mass is 10.1. The number of pyridine rings is 1. The van der Waals surface area contributed by atoms with Gasteiger partial charge in [-0.25, -0.2) is 4.68 Å². The van der Waals surface area contributed by atoms with Crippen molar-refractivity contribution in [2.24, 2.45) is 0 Å². The van der Waals surface area contributed by atoms with Crippen molar-refractivity contribution in [1.29, 1.82) is 0 Å². The maximum Gasteiger partial charge on any atom is 0.255 e. The first kappa shape index (κ1) is 15.6. The molecule has 0 aliphatic rings. The Labute approximate surface area is 138 Å². The van der Waals surface area contributed by atoms with Crippen molar-refractivity contribution in [3.63, 3.8) is 0 Å². The summed E-state index contributed by atoms with van der Waals surface area (Å²) >= 11 is 0. The predicted molar refractivity (Wildman–Crippen MR) is 85.7 cm³/mol. The van der Waals surface area contributed by atoms with Crippen molar-refractivity contribution in [3.8, 4) is 11.4 Å². The number of benzene rings is 1. The number of phenolic OH excluding ortho intramolecular Hbond substituents is 1. The van der Waals surface area contributed by atoms with Crippen molar-refractivity contribution in [2.45, 2.75) is 19.4 Å². The summed E-state index contributed by atoms with van der Waals surface area (Å²) in [5.74, 6) is -0.461. The first-order valence-electron chi connectivity index (χ1n) is 7.39. The second kappa shape index (κ2) is 6.86. The molecule has 8 nitrogen and oxygen atoms in total. The summed E-state index contributed by atoms with van der Waals surface area (Å²) < 4.78 is 1.41. The van der Waals surface area contributed by atoms with E-state index < -0.39 is 0 Å². The zero-order valence-corrected chi connectivity index (χ0v) is 13.0. The van der Waals surface area contributed by atoms with E-state index in [9.17, 15) is 9.90 Å². The van der Waals surface area contributed by atoms with Crippen LogP contribution >= 0.6 is 0 Å². The number of hydrogen-bond acceptors (Lipinski definition) is 6. The number of aromatic hydroxyl groups is 1. The van der Waals surface area contributed by atoms with Crippen LogP contribution < -0.4 is 5.32 Å². The smallest absolute Gasteiger partial charge is 0.255 e. The van der Waals surface area contributed by atoms with E-state index in [4.69, 9.17) is 0 Å². The normalized spacial score (nSPS) is 11.9. The molecule has 24 heavy (non-hydrogen) atoms. The number of hydrogen-bond donors (Lipinski definition) is 2. The Balaban J connectivity index is 1.73. The molecule has 0 aliphatic carbocycles. The van der Waals surface area contributed by atoms with Crippen LogP contribution in [0.1, 0.15) is 22.8 Å². The zero-order chi connectivity index (χ0) is 16.9. The van der Waals surface area contributed by atoms with Crippen LogP contribution in [-0.4, -0.2) is 42.2 Å². The van der Waals surface area contributed by atoms with Crippen LogP contribution in [0.5, 0.6) is 5.75 Å². The maximum absolute atomic E-state index is 12.4. The van der Waals surface area contributed by atoms with Gasteiger partial charge in [-0.1, -0.05) is 6.07 Å². The van der Waals surface area contributed by atoms with Crippen molar-refractivity contribution >= 4 is 5.91 Å². The van der Waals surface area contributed by atoms with E-state index in [1.165, 1.54) is 23.1 Å². The molecule has 1 aromatic carbocycles. The van der Waals surface area contributed by atoms with Gasteiger partial charge in [0.1, 0.15) is 12.1 Å². The number of amides is 1. The third-order valence-corrected chi connectivity index (χ3v) is 3.48. The number of rotatable bonds is 5. The molecule has 0 saturated carbocycles. The highest BCUT2D eigenvalue weighted by Crippen LogP contribution is 2.20. The van der Waals surface area contributed by atoms with Crippen molar-refractivity contribution in [3.05, 3.63) is 60.2 Å². The first-order valence-corrected chi connectivity index (χ1v) is 7.39. The molecule has 2 heterocycles. The van der Waals surface area contributed by atoms with E-state index in [1.807, 2.05) is 19.1 Å². The molecule has 8 heteroatoms. The quantitative estimate of drug-likeness (QED) is 0.728. The van der Waals surface area contributed by atoms with Gasteiger partial charge in [-0.3, -0.25) is 9.78 Å². The molecule has 0 saturated heterocycles. The molecule has 1 unspecified atom stereocenters. The molecule has 1 amide bonds. The van der Waals surface area contributed by atoms with Crippen LogP contribution in [0, 0.1) is 0 Å². The average Bonchev–Trinajstić information content (AvgIpc) is 3.10. The molecule has 122 valence electrons. The third-order valence-electron chi connectivity index (χ3n) is 3.48. The molecule has 2 N–H and O–H groups in total. The van der Waals surface area contributed by atoms with Crippen molar-refractivity contribution in [2.75, 3.05) is 0 Å². The van der Waals surface area contributed by atoms with Crippen LogP contribution in [0.2, 0.25) is 0 Å². The fourth-order valence-electron chi connectivity index (χ4n) is 2.35. The number of carbonyl (C=O) groups excluding carboxylic acids is 1. The minimum atomic E-state index is -0.362. The molecule has 0 bridgehead atoms.